The SMILES string of the molecule is O=S(=O)(NCCCc1nc2ccccc2s1)c1ccc2c(c1)CCC2. The average molecular weight is 373 g/mol. The van der Waals surface area contributed by atoms with Crippen molar-refractivity contribution in [1.82, 2.24) is 9.71 Å². The van der Waals surface area contributed by atoms with E-state index in [1.54, 1.807) is 17.4 Å². The van der Waals surface area contributed by atoms with Crippen LogP contribution in [-0.4, -0.2) is 19.9 Å². The minimum Gasteiger partial charge on any atom is -0.241 e. The van der Waals surface area contributed by atoms with Crippen LogP contribution in [0, 0.1) is 0 Å². The Hall–Kier alpha value is -1.76. The summed E-state index contributed by atoms with van der Waals surface area (Å²) >= 11 is 1.68. The average Bonchev–Trinajstić information content (AvgIpc) is 3.24. The van der Waals surface area contributed by atoms with Crippen LogP contribution in [-0.2, 0) is 29.3 Å². The van der Waals surface area contributed by atoms with E-state index in [2.05, 4.69) is 15.8 Å². The van der Waals surface area contributed by atoms with Crippen molar-refractivity contribution >= 4 is 31.6 Å². The fraction of sp³-hybridized carbons (Fsp3) is 0.316. The molecule has 0 radical (unpaired) electrons. The van der Waals surface area contributed by atoms with Crippen LogP contribution in [0.25, 0.3) is 10.2 Å². The number of benzene rings is 2. The van der Waals surface area contributed by atoms with Crippen molar-refractivity contribution in [2.45, 2.75) is 37.0 Å². The molecule has 4 rings (SSSR count). The Morgan fingerprint density at radius 3 is 2.80 bits per heavy atom. The van der Waals surface area contributed by atoms with Crippen molar-refractivity contribution in [2.24, 2.45) is 0 Å². The Balaban J connectivity index is 1.35. The van der Waals surface area contributed by atoms with Gasteiger partial charge in [0.25, 0.3) is 0 Å². The molecule has 2 aromatic carbocycles. The number of nitrogens with one attached hydrogen (secondary N) is 1. The lowest BCUT2D eigenvalue weighted by Crippen LogP contribution is -2.25. The lowest BCUT2D eigenvalue weighted by atomic mass is 10.1. The first-order chi connectivity index (χ1) is 12.1. The summed E-state index contributed by atoms with van der Waals surface area (Å²) in [5.41, 5.74) is 3.48. The Labute approximate surface area is 152 Å². The van der Waals surface area contributed by atoms with Crippen LogP contribution in [0.1, 0.15) is 29.0 Å². The van der Waals surface area contributed by atoms with Gasteiger partial charge < -0.3 is 0 Å². The van der Waals surface area contributed by atoms with Crippen LogP contribution >= 0.6 is 11.3 Å². The summed E-state index contributed by atoms with van der Waals surface area (Å²) < 4.78 is 28.8. The molecule has 0 spiro atoms. The van der Waals surface area contributed by atoms with Gasteiger partial charge in [0.1, 0.15) is 0 Å². The molecular formula is C19H20N2O2S2. The van der Waals surface area contributed by atoms with Crippen molar-refractivity contribution in [3.8, 4) is 0 Å². The summed E-state index contributed by atoms with van der Waals surface area (Å²) in [7, 11) is -3.43. The molecule has 25 heavy (non-hydrogen) atoms. The predicted octanol–water partition coefficient (Wildman–Crippen LogP) is 3.70. The molecule has 0 amide bonds. The van der Waals surface area contributed by atoms with E-state index in [0.717, 1.165) is 42.6 Å². The molecule has 0 fully saturated rings. The standard InChI is InChI=1S/C19H20N2O2S2/c22-25(23,16-11-10-14-5-3-6-15(14)13-16)20-12-4-9-19-21-17-7-1-2-8-18(17)24-19/h1-2,7-8,10-11,13,20H,3-6,9,12H2. The highest BCUT2D eigenvalue weighted by Gasteiger charge is 2.18. The Kier molecular flexibility index (Phi) is 4.58. The van der Waals surface area contributed by atoms with E-state index < -0.39 is 10.0 Å². The van der Waals surface area contributed by atoms with E-state index in [1.165, 1.54) is 15.8 Å². The van der Waals surface area contributed by atoms with E-state index in [-0.39, 0.29) is 0 Å². The van der Waals surface area contributed by atoms with Gasteiger partial charge in [0.15, 0.2) is 0 Å². The predicted molar refractivity (Wildman–Crippen MR) is 102 cm³/mol. The third-order valence-corrected chi connectivity index (χ3v) is 7.13. The van der Waals surface area contributed by atoms with Gasteiger partial charge in [-0.25, -0.2) is 18.1 Å². The van der Waals surface area contributed by atoms with Gasteiger partial charge in [-0.1, -0.05) is 18.2 Å². The summed E-state index contributed by atoms with van der Waals surface area (Å²) in [6.07, 6.45) is 4.69. The lowest BCUT2D eigenvalue weighted by Gasteiger charge is -2.08. The highest BCUT2D eigenvalue weighted by molar-refractivity contribution is 7.89. The summed E-state index contributed by atoms with van der Waals surface area (Å²) in [5.74, 6) is 0. The number of aryl methyl sites for hydroxylation is 3. The van der Waals surface area contributed by atoms with Gasteiger partial charge in [0.2, 0.25) is 10.0 Å². The second-order valence-corrected chi connectivity index (χ2v) is 9.24. The highest BCUT2D eigenvalue weighted by atomic mass is 32.2. The number of rotatable bonds is 6. The third kappa shape index (κ3) is 3.61. The molecule has 4 nitrogen and oxygen atoms in total. The van der Waals surface area contributed by atoms with Crippen LogP contribution in [0.15, 0.2) is 47.4 Å². The van der Waals surface area contributed by atoms with Crippen molar-refractivity contribution in [3.05, 3.63) is 58.6 Å². The Morgan fingerprint density at radius 2 is 1.92 bits per heavy atom. The summed E-state index contributed by atoms with van der Waals surface area (Å²) in [6.45, 7) is 0.426. The maximum absolute atomic E-state index is 12.5. The van der Waals surface area contributed by atoms with Gasteiger partial charge in [-0.15, -0.1) is 11.3 Å². The van der Waals surface area contributed by atoms with Crippen molar-refractivity contribution in [1.29, 1.82) is 0 Å². The minimum atomic E-state index is -3.43. The molecule has 0 saturated heterocycles. The number of para-hydroxylation sites is 1. The zero-order valence-corrected chi connectivity index (χ0v) is 15.5. The smallest absolute Gasteiger partial charge is 0.240 e. The first-order valence-corrected chi connectivity index (χ1v) is 10.9. The first kappa shape index (κ1) is 16.7. The molecule has 0 unspecified atom stereocenters. The first-order valence-electron chi connectivity index (χ1n) is 8.58. The van der Waals surface area contributed by atoms with Crippen LogP contribution in [0.2, 0.25) is 0 Å². The molecule has 1 aliphatic carbocycles. The van der Waals surface area contributed by atoms with E-state index in [9.17, 15) is 8.42 Å². The van der Waals surface area contributed by atoms with Gasteiger partial charge in [-0.3, -0.25) is 0 Å². The van der Waals surface area contributed by atoms with Crippen LogP contribution in [0.3, 0.4) is 0 Å². The molecule has 1 aromatic heterocycles. The molecule has 0 aliphatic heterocycles. The monoisotopic (exact) mass is 372 g/mol. The van der Waals surface area contributed by atoms with Crippen LogP contribution < -0.4 is 4.72 Å². The fourth-order valence-electron chi connectivity index (χ4n) is 3.27. The van der Waals surface area contributed by atoms with E-state index in [0.29, 0.717) is 11.4 Å². The quantitative estimate of drug-likeness (QED) is 0.671. The zero-order chi connectivity index (χ0) is 17.3. The summed E-state index contributed by atoms with van der Waals surface area (Å²) in [4.78, 5) is 4.97. The molecule has 1 aliphatic rings. The largest absolute Gasteiger partial charge is 0.241 e. The van der Waals surface area contributed by atoms with Crippen molar-refractivity contribution in [2.75, 3.05) is 6.54 Å². The number of thiazole rings is 1. The molecule has 130 valence electrons. The van der Waals surface area contributed by atoms with Crippen LogP contribution in [0.5, 0.6) is 0 Å². The number of hydrogen-bond donors (Lipinski definition) is 1. The number of hydrogen-bond acceptors (Lipinski definition) is 4. The molecule has 0 bridgehead atoms. The van der Waals surface area contributed by atoms with E-state index in [4.69, 9.17) is 0 Å². The summed E-state index contributed by atoms with van der Waals surface area (Å²) in [6, 6.07) is 13.6. The highest BCUT2D eigenvalue weighted by Crippen LogP contribution is 2.25. The second kappa shape index (κ2) is 6.86. The molecule has 1 N–H and O–H groups in total. The van der Waals surface area contributed by atoms with Gasteiger partial charge >= 0.3 is 0 Å². The van der Waals surface area contributed by atoms with Gasteiger partial charge in [-0.2, -0.15) is 0 Å². The zero-order valence-electron chi connectivity index (χ0n) is 13.9. The summed E-state index contributed by atoms with van der Waals surface area (Å²) in [5, 5.41) is 1.05. The van der Waals surface area contributed by atoms with Gasteiger partial charge in [0.05, 0.1) is 20.1 Å². The van der Waals surface area contributed by atoms with E-state index >= 15 is 0 Å². The normalized spacial score (nSPS) is 14.1. The maximum atomic E-state index is 12.5. The lowest BCUT2D eigenvalue weighted by molar-refractivity contribution is 0.579. The van der Waals surface area contributed by atoms with Crippen LogP contribution in [0.4, 0.5) is 0 Å². The van der Waals surface area contributed by atoms with Gasteiger partial charge in [-0.05, 0) is 61.1 Å². The topological polar surface area (TPSA) is 59.1 Å². The number of fused-ring (bicyclic) bond motifs is 2. The van der Waals surface area contributed by atoms with E-state index in [1.807, 2.05) is 30.3 Å². The number of nitrogens with zero attached hydrogens (tertiary/aromatic N) is 1. The number of sulfonamides is 1. The molecule has 1 heterocycles. The van der Waals surface area contributed by atoms with Gasteiger partial charge in [0, 0.05) is 13.0 Å². The third-order valence-electron chi connectivity index (χ3n) is 4.58. The Morgan fingerprint density at radius 1 is 1.08 bits per heavy atom. The molecule has 6 heteroatoms. The fourth-order valence-corrected chi connectivity index (χ4v) is 5.41. The molecule has 0 atom stereocenters. The molecule has 3 aromatic rings. The molecule has 0 saturated carbocycles. The Bertz CT molecular complexity index is 976. The minimum absolute atomic E-state index is 0.383. The van der Waals surface area contributed by atoms with Crippen molar-refractivity contribution in [3.63, 3.8) is 0 Å². The maximum Gasteiger partial charge on any atom is 0.240 e. The number of aromatic nitrogens is 1. The molecular weight excluding hydrogens is 352 g/mol. The second-order valence-electron chi connectivity index (χ2n) is 6.36. The van der Waals surface area contributed by atoms with Crippen molar-refractivity contribution < 1.29 is 8.42 Å².